The summed E-state index contributed by atoms with van der Waals surface area (Å²) in [6, 6.07) is 7.36. The van der Waals surface area contributed by atoms with Crippen LogP contribution in [0.4, 0.5) is 0 Å². The topological polar surface area (TPSA) is 57.5 Å². The first-order valence-electron chi connectivity index (χ1n) is 5.64. The number of rotatable bonds is 1. The largest absolute Gasteiger partial charge is 0.479 e. The second kappa shape index (κ2) is 2.86. The van der Waals surface area contributed by atoms with Gasteiger partial charge in [-0.15, -0.1) is 0 Å². The fourth-order valence-corrected chi connectivity index (χ4v) is 3.04. The van der Waals surface area contributed by atoms with Crippen molar-refractivity contribution in [3.05, 3.63) is 35.4 Å². The van der Waals surface area contributed by atoms with Crippen molar-refractivity contribution in [1.29, 1.82) is 0 Å². The van der Waals surface area contributed by atoms with E-state index in [0.717, 1.165) is 31.2 Å². The molecule has 0 aromatic heterocycles. The summed E-state index contributed by atoms with van der Waals surface area (Å²) in [6.07, 6.45) is 3.31. The molecule has 0 bridgehead atoms. The molecule has 1 spiro atoms. The Morgan fingerprint density at radius 3 is 2.50 bits per heavy atom. The van der Waals surface area contributed by atoms with Crippen LogP contribution in [0.5, 0.6) is 0 Å². The van der Waals surface area contributed by atoms with Gasteiger partial charge in [-0.2, -0.15) is 0 Å². The second-order valence-electron chi connectivity index (χ2n) is 4.95. The normalized spacial score (nSPS) is 29.8. The lowest BCUT2D eigenvalue weighted by molar-refractivity contribution is -0.171. The van der Waals surface area contributed by atoms with Gasteiger partial charge in [-0.05, 0) is 36.8 Å². The fourth-order valence-electron chi connectivity index (χ4n) is 3.04. The molecule has 0 amide bonds. The summed E-state index contributed by atoms with van der Waals surface area (Å²) in [6.45, 7) is 0. The number of hydrogen-bond acceptors (Lipinski definition) is 2. The Balaban J connectivity index is 2.22. The third-order valence-corrected chi connectivity index (χ3v) is 4.21. The van der Waals surface area contributed by atoms with Crippen LogP contribution in [0.3, 0.4) is 0 Å². The zero-order chi connectivity index (χ0) is 11.4. The number of carboxylic acids is 1. The summed E-state index contributed by atoms with van der Waals surface area (Å²) in [5.41, 5.74) is -0.481. The Bertz CT molecular complexity index is 462. The maximum absolute atomic E-state index is 11.4. The minimum Gasteiger partial charge on any atom is -0.479 e. The van der Waals surface area contributed by atoms with Gasteiger partial charge in [0.05, 0.1) is 0 Å². The van der Waals surface area contributed by atoms with Crippen LogP contribution in [0.1, 0.15) is 30.4 Å². The zero-order valence-corrected chi connectivity index (χ0v) is 8.94. The lowest BCUT2D eigenvalue weighted by atomic mass is 9.69. The molecule has 2 aliphatic rings. The molecule has 3 heteroatoms. The molecule has 0 saturated heterocycles. The maximum atomic E-state index is 11.4. The summed E-state index contributed by atoms with van der Waals surface area (Å²) in [5.74, 6) is -1.10. The average Bonchev–Trinajstić information content (AvgIpc) is 3.05. The SMILES string of the molecule is O=C(O)C1(O)c2ccccc2CCC12CC2. The second-order valence-corrected chi connectivity index (χ2v) is 4.95. The number of aryl methyl sites for hydroxylation is 1. The first kappa shape index (κ1) is 9.85. The molecule has 16 heavy (non-hydrogen) atoms. The quantitative estimate of drug-likeness (QED) is 0.754. The van der Waals surface area contributed by atoms with Crippen LogP contribution in [-0.4, -0.2) is 16.2 Å². The number of carboxylic acid groups (broad SMARTS) is 1. The highest BCUT2D eigenvalue weighted by atomic mass is 16.4. The van der Waals surface area contributed by atoms with E-state index >= 15 is 0 Å². The molecule has 0 aliphatic heterocycles. The van der Waals surface area contributed by atoms with Crippen molar-refractivity contribution in [2.24, 2.45) is 5.41 Å². The molecular weight excluding hydrogens is 204 g/mol. The number of benzene rings is 1. The Morgan fingerprint density at radius 2 is 1.88 bits per heavy atom. The molecule has 2 N–H and O–H groups in total. The minimum atomic E-state index is -1.66. The molecule has 0 heterocycles. The molecule has 84 valence electrons. The molecule has 3 nitrogen and oxygen atoms in total. The van der Waals surface area contributed by atoms with E-state index in [1.165, 1.54) is 0 Å². The Kier molecular flexibility index (Phi) is 1.76. The van der Waals surface area contributed by atoms with E-state index in [9.17, 15) is 15.0 Å². The van der Waals surface area contributed by atoms with Crippen LogP contribution in [0.25, 0.3) is 0 Å². The first-order valence-corrected chi connectivity index (χ1v) is 5.64. The van der Waals surface area contributed by atoms with Gasteiger partial charge < -0.3 is 10.2 Å². The Hall–Kier alpha value is -1.35. The van der Waals surface area contributed by atoms with Gasteiger partial charge in [-0.1, -0.05) is 24.3 Å². The number of carbonyl (C=O) groups is 1. The number of aliphatic carboxylic acids is 1. The molecule has 2 aliphatic carbocycles. The average molecular weight is 218 g/mol. The lowest BCUT2D eigenvalue weighted by Crippen LogP contribution is -2.47. The monoisotopic (exact) mass is 218 g/mol. The van der Waals surface area contributed by atoms with Gasteiger partial charge >= 0.3 is 5.97 Å². The van der Waals surface area contributed by atoms with Crippen molar-refractivity contribution >= 4 is 5.97 Å². The van der Waals surface area contributed by atoms with E-state index in [0.29, 0.717) is 5.56 Å². The van der Waals surface area contributed by atoms with Crippen LogP contribution < -0.4 is 0 Å². The zero-order valence-electron chi connectivity index (χ0n) is 8.94. The molecule has 1 aromatic carbocycles. The van der Waals surface area contributed by atoms with Crippen molar-refractivity contribution in [1.82, 2.24) is 0 Å². The molecule has 0 radical (unpaired) electrons. The fraction of sp³-hybridized carbons (Fsp3) is 0.462. The van der Waals surface area contributed by atoms with Crippen molar-refractivity contribution in [2.45, 2.75) is 31.3 Å². The molecule has 1 unspecified atom stereocenters. The van der Waals surface area contributed by atoms with E-state index in [4.69, 9.17) is 0 Å². The highest BCUT2D eigenvalue weighted by Crippen LogP contribution is 2.63. The van der Waals surface area contributed by atoms with Crippen LogP contribution >= 0.6 is 0 Å². The predicted molar refractivity (Wildman–Crippen MR) is 58.0 cm³/mol. The van der Waals surface area contributed by atoms with Crippen LogP contribution in [0.15, 0.2) is 24.3 Å². The summed E-state index contributed by atoms with van der Waals surface area (Å²) in [5, 5.41) is 20.0. The van der Waals surface area contributed by atoms with Gasteiger partial charge in [0.25, 0.3) is 0 Å². The summed E-state index contributed by atoms with van der Waals surface area (Å²) >= 11 is 0. The van der Waals surface area contributed by atoms with Crippen LogP contribution in [0, 0.1) is 5.41 Å². The van der Waals surface area contributed by atoms with Gasteiger partial charge in [-0.25, -0.2) is 4.79 Å². The van der Waals surface area contributed by atoms with Crippen LogP contribution in [0.2, 0.25) is 0 Å². The van der Waals surface area contributed by atoms with E-state index in [1.54, 1.807) is 12.1 Å². The number of hydrogen-bond donors (Lipinski definition) is 2. The van der Waals surface area contributed by atoms with Gasteiger partial charge in [-0.3, -0.25) is 0 Å². The Morgan fingerprint density at radius 1 is 1.19 bits per heavy atom. The molecule has 1 fully saturated rings. The molecule has 1 saturated carbocycles. The molecule has 1 aromatic rings. The van der Waals surface area contributed by atoms with Gasteiger partial charge in [0.2, 0.25) is 0 Å². The van der Waals surface area contributed by atoms with Gasteiger partial charge in [0.1, 0.15) is 0 Å². The highest BCUT2D eigenvalue weighted by Gasteiger charge is 2.65. The number of aliphatic hydroxyl groups is 1. The molecular formula is C13H14O3. The van der Waals surface area contributed by atoms with E-state index in [1.807, 2.05) is 12.1 Å². The first-order chi connectivity index (χ1) is 7.60. The Labute approximate surface area is 93.7 Å². The third kappa shape index (κ3) is 0.990. The number of fused-ring (bicyclic) bond motifs is 1. The van der Waals surface area contributed by atoms with Crippen molar-refractivity contribution in [2.75, 3.05) is 0 Å². The molecule has 1 atom stereocenters. The van der Waals surface area contributed by atoms with E-state index < -0.39 is 17.0 Å². The van der Waals surface area contributed by atoms with Crippen LogP contribution in [-0.2, 0) is 16.8 Å². The van der Waals surface area contributed by atoms with Gasteiger partial charge in [0, 0.05) is 5.41 Å². The maximum Gasteiger partial charge on any atom is 0.341 e. The standard InChI is InChI=1S/C13H14O3/c14-11(15)13(16)10-4-2-1-3-9(10)5-6-12(13)7-8-12/h1-4,16H,5-8H2,(H,14,15). The summed E-state index contributed by atoms with van der Waals surface area (Å²) < 4.78 is 0. The molecule has 3 rings (SSSR count). The smallest absolute Gasteiger partial charge is 0.341 e. The third-order valence-electron chi connectivity index (χ3n) is 4.21. The van der Waals surface area contributed by atoms with E-state index in [-0.39, 0.29) is 0 Å². The van der Waals surface area contributed by atoms with Crippen molar-refractivity contribution in [3.63, 3.8) is 0 Å². The predicted octanol–water partition coefficient (Wildman–Crippen LogP) is 1.69. The highest BCUT2D eigenvalue weighted by molar-refractivity contribution is 5.82. The van der Waals surface area contributed by atoms with Gasteiger partial charge in [0.15, 0.2) is 5.60 Å². The van der Waals surface area contributed by atoms with E-state index in [2.05, 4.69) is 0 Å². The summed E-state index contributed by atoms with van der Waals surface area (Å²) in [4.78, 5) is 11.4. The van der Waals surface area contributed by atoms with Crippen molar-refractivity contribution < 1.29 is 15.0 Å². The minimum absolute atomic E-state index is 0.396. The lowest BCUT2D eigenvalue weighted by Gasteiger charge is -2.38. The summed E-state index contributed by atoms with van der Waals surface area (Å²) in [7, 11) is 0. The van der Waals surface area contributed by atoms with Crippen molar-refractivity contribution in [3.8, 4) is 0 Å².